The third kappa shape index (κ3) is 4.91. The van der Waals surface area contributed by atoms with Gasteiger partial charge in [-0.1, -0.05) is 29.8 Å². The number of aryl methyl sites for hydroxylation is 1. The third-order valence-corrected chi connectivity index (χ3v) is 4.63. The van der Waals surface area contributed by atoms with Gasteiger partial charge in [0.1, 0.15) is 5.75 Å². The third-order valence-electron chi connectivity index (χ3n) is 4.63. The van der Waals surface area contributed by atoms with Crippen molar-refractivity contribution in [2.24, 2.45) is 0 Å². The summed E-state index contributed by atoms with van der Waals surface area (Å²) in [6, 6.07) is 15.3. The van der Waals surface area contributed by atoms with Crippen LogP contribution >= 0.6 is 0 Å². The summed E-state index contributed by atoms with van der Waals surface area (Å²) in [5.41, 5.74) is 3.55. The zero-order valence-corrected chi connectivity index (χ0v) is 16.2. The highest BCUT2D eigenvalue weighted by Gasteiger charge is 2.06. The molecule has 0 aliphatic rings. The second kappa shape index (κ2) is 9.08. The molecule has 146 valence electrons. The zero-order valence-electron chi connectivity index (χ0n) is 16.2. The Hall–Kier alpha value is -3.28. The van der Waals surface area contributed by atoms with E-state index in [1.54, 1.807) is 7.11 Å². The molecule has 0 saturated heterocycles. The van der Waals surface area contributed by atoms with Gasteiger partial charge in [-0.3, -0.25) is 4.79 Å². The van der Waals surface area contributed by atoms with Crippen LogP contribution < -0.4 is 20.9 Å². The lowest BCUT2D eigenvalue weighted by molar-refractivity contribution is 0.241. The Kier molecular flexibility index (Phi) is 6.32. The van der Waals surface area contributed by atoms with E-state index >= 15 is 0 Å². The molecule has 28 heavy (non-hydrogen) atoms. The lowest BCUT2D eigenvalue weighted by Crippen LogP contribution is -2.38. The van der Waals surface area contributed by atoms with Crippen LogP contribution in [0.4, 0.5) is 4.79 Å². The standard InChI is InChI=1S/C22H25N3O3/c1-15-7-8-19-18(13-15)14-17(21(26)25-19)10-12-24-22(27)23-11-9-16-5-3-4-6-20(16)28-2/h3-8,13-14H,9-12H2,1-2H3,(H,25,26)(H2,23,24,27). The van der Waals surface area contributed by atoms with Gasteiger partial charge in [-0.2, -0.15) is 0 Å². The molecular formula is C22H25N3O3. The van der Waals surface area contributed by atoms with E-state index in [1.807, 2.05) is 55.5 Å². The summed E-state index contributed by atoms with van der Waals surface area (Å²) in [5, 5.41) is 6.62. The van der Waals surface area contributed by atoms with E-state index in [-0.39, 0.29) is 11.6 Å². The number of aromatic nitrogens is 1. The number of hydrogen-bond donors (Lipinski definition) is 3. The number of aromatic amines is 1. The van der Waals surface area contributed by atoms with E-state index < -0.39 is 0 Å². The quantitative estimate of drug-likeness (QED) is 0.590. The Bertz CT molecular complexity index is 1030. The van der Waals surface area contributed by atoms with Crippen LogP contribution in [-0.4, -0.2) is 31.2 Å². The first-order valence-corrected chi connectivity index (χ1v) is 9.33. The summed E-state index contributed by atoms with van der Waals surface area (Å²) in [4.78, 5) is 27.1. The lowest BCUT2D eigenvalue weighted by Gasteiger charge is -2.10. The van der Waals surface area contributed by atoms with Gasteiger partial charge in [0.2, 0.25) is 0 Å². The minimum absolute atomic E-state index is 0.116. The van der Waals surface area contributed by atoms with Crippen molar-refractivity contribution in [3.63, 3.8) is 0 Å². The average molecular weight is 379 g/mol. The normalized spacial score (nSPS) is 10.6. The lowest BCUT2D eigenvalue weighted by atomic mass is 10.1. The molecule has 3 N–H and O–H groups in total. The fourth-order valence-corrected chi connectivity index (χ4v) is 3.15. The van der Waals surface area contributed by atoms with Gasteiger partial charge in [-0.25, -0.2) is 4.79 Å². The Balaban J connectivity index is 1.48. The predicted octanol–water partition coefficient (Wildman–Crippen LogP) is 2.93. The fourth-order valence-electron chi connectivity index (χ4n) is 3.15. The smallest absolute Gasteiger partial charge is 0.314 e. The number of ether oxygens (including phenoxy) is 1. The number of para-hydroxylation sites is 1. The monoisotopic (exact) mass is 379 g/mol. The largest absolute Gasteiger partial charge is 0.496 e. The summed E-state index contributed by atoms with van der Waals surface area (Å²) in [6.07, 6.45) is 1.15. The number of fused-ring (bicyclic) bond motifs is 1. The summed E-state index contributed by atoms with van der Waals surface area (Å²) < 4.78 is 5.30. The van der Waals surface area contributed by atoms with Crippen molar-refractivity contribution < 1.29 is 9.53 Å². The van der Waals surface area contributed by atoms with Crippen LogP contribution in [0.15, 0.2) is 53.3 Å². The van der Waals surface area contributed by atoms with Crippen molar-refractivity contribution in [3.8, 4) is 5.75 Å². The number of methoxy groups -OCH3 is 1. The van der Waals surface area contributed by atoms with Crippen molar-refractivity contribution in [1.82, 2.24) is 15.6 Å². The molecule has 6 heteroatoms. The number of carbonyl (C=O) groups excluding carboxylic acids is 1. The van der Waals surface area contributed by atoms with Crippen LogP contribution in [0, 0.1) is 6.92 Å². The molecule has 2 aromatic carbocycles. The van der Waals surface area contributed by atoms with Gasteiger partial charge < -0.3 is 20.4 Å². The number of benzene rings is 2. The topological polar surface area (TPSA) is 83.2 Å². The first-order chi connectivity index (χ1) is 13.6. The van der Waals surface area contributed by atoms with Gasteiger partial charge in [-0.15, -0.1) is 0 Å². The molecule has 2 amide bonds. The second-order valence-corrected chi connectivity index (χ2v) is 6.71. The number of nitrogens with one attached hydrogen (secondary N) is 3. The number of rotatable bonds is 7. The van der Waals surface area contributed by atoms with Gasteiger partial charge in [0.25, 0.3) is 5.56 Å². The molecule has 1 heterocycles. The van der Waals surface area contributed by atoms with E-state index in [0.717, 1.165) is 27.8 Å². The van der Waals surface area contributed by atoms with E-state index in [1.165, 1.54) is 0 Å². The van der Waals surface area contributed by atoms with Crippen molar-refractivity contribution in [1.29, 1.82) is 0 Å². The Labute approximate surface area is 163 Å². The minimum atomic E-state index is -0.247. The van der Waals surface area contributed by atoms with Crippen LogP contribution in [0.25, 0.3) is 10.9 Å². The molecular weight excluding hydrogens is 354 g/mol. The van der Waals surface area contributed by atoms with Gasteiger partial charge in [0.05, 0.1) is 7.11 Å². The number of carbonyl (C=O) groups is 1. The van der Waals surface area contributed by atoms with Crippen LogP contribution in [0.2, 0.25) is 0 Å². The maximum Gasteiger partial charge on any atom is 0.314 e. The van der Waals surface area contributed by atoms with Gasteiger partial charge in [-0.05, 0) is 55.0 Å². The Morgan fingerprint density at radius 1 is 1.00 bits per heavy atom. The fraction of sp³-hybridized carbons (Fsp3) is 0.273. The maximum atomic E-state index is 12.2. The summed E-state index contributed by atoms with van der Waals surface area (Å²) in [7, 11) is 1.63. The first-order valence-electron chi connectivity index (χ1n) is 9.33. The molecule has 0 unspecified atom stereocenters. The van der Waals surface area contributed by atoms with E-state index in [4.69, 9.17) is 4.74 Å². The summed E-state index contributed by atoms with van der Waals surface area (Å²) in [6.45, 7) is 2.91. The van der Waals surface area contributed by atoms with Crippen LogP contribution in [-0.2, 0) is 12.8 Å². The molecule has 0 radical (unpaired) electrons. The number of urea groups is 1. The van der Waals surface area contributed by atoms with Gasteiger partial charge in [0.15, 0.2) is 0 Å². The second-order valence-electron chi connectivity index (χ2n) is 6.71. The average Bonchev–Trinajstić information content (AvgIpc) is 2.69. The highest BCUT2D eigenvalue weighted by molar-refractivity contribution is 5.79. The SMILES string of the molecule is COc1ccccc1CCNC(=O)NCCc1cc2cc(C)ccc2[nH]c1=O. The van der Waals surface area contributed by atoms with Crippen molar-refractivity contribution in [3.05, 3.63) is 75.6 Å². The Morgan fingerprint density at radius 3 is 2.46 bits per heavy atom. The predicted molar refractivity (Wildman–Crippen MR) is 111 cm³/mol. The van der Waals surface area contributed by atoms with Gasteiger partial charge >= 0.3 is 6.03 Å². The van der Waals surface area contributed by atoms with E-state index in [9.17, 15) is 9.59 Å². The van der Waals surface area contributed by atoms with Crippen molar-refractivity contribution in [2.75, 3.05) is 20.2 Å². The number of hydrogen-bond acceptors (Lipinski definition) is 3. The molecule has 6 nitrogen and oxygen atoms in total. The molecule has 0 atom stereocenters. The minimum Gasteiger partial charge on any atom is -0.496 e. The number of H-pyrrole nitrogens is 1. The molecule has 3 rings (SSSR count). The summed E-state index contributed by atoms with van der Waals surface area (Å²) >= 11 is 0. The molecule has 3 aromatic rings. The van der Waals surface area contributed by atoms with E-state index in [0.29, 0.717) is 31.5 Å². The highest BCUT2D eigenvalue weighted by atomic mass is 16.5. The molecule has 0 spiro atoms. The van der Waals surface area contributed by atoms with Gasteiger partial charge in [0, 0.05) is 24.2 Å². The van der Waals surface area contributed by atoms with Crippen LogP contribution in [0.1, 0.15) is 16.7 Å². The maximum absolute atomic E-state index is 12.2. The molecule has 0 aliphatic carbocycles. The zero-order chi connectivity index (χ0) is 19.9. The first kappa shape index (κ1) is 19.5. The molecule has 0 saturated carbocycles. The van der Waals surface area contributed by atoms with Crippen molar-refractivity contribution >= 4 is 16.9 Å². The number of amides is 2. The molecule has 1 aromatic heterocycles. The summed E-state index contributed by atoms with van der Waals surface area (Å²) in [5.74, 6) is 0.815. The Morgan fingerprint density at radius 2 is 1.71 bits per heavy atom. The molecule has 0 bridgehead atoms. The number of pyridine rings is 1. The highest BCUT2D eigenvalue weighted by Crippen LogP contribution is 2.17. The van der Waals surface area contributed by atoms with Crippen molar-refractivity contribution in [2.45, 2.75) is 19.8 Å². The van der Waals surface area contributed by atoms with Crippen LogP contribution in [0.5, 0.6) is 5.75 Å². The molecule has 0 aliphatic heterocycles. The van der Waals surface area contributed by atoms with E-state index in [2.05, 4.69) is 15.6 Å². The van der Waals surface area contributed by atoms with Crippen LogP contribution in [0.3, 0.4) is 0 Å². The molecule has 0 fully saturated rings.